The van der Waals surface area contributed by atoms with Gasteiger partial charge in [-0.25, -0.2) is 4.79 Å². The van der Waals surface area contributed by atoms with Gasteiger partial charge in [0.2, 0.25) is 0 Å². The second-order valence-electron chi connectivity index (χ2n) is 3.77. The van der Waals surface area contributed by atoms with Crippen molar-refractivity contribution < 1.29 is 14.3 Å². The van der Waals surface area contributed by atoms with Gasteiger partial charge in [0.05, 0.1) is 0 Å². The normalized spacial score (nSPS) is 19.2. The molecule has 4 nitrogen and oxygen atoms in total. The van der Waals surface area contributed by atoms with Gasteiger partial charge in [-0.1, -0.05) is 6.07 Å². The molecule has 2 rings (SSSR count). The van der Waals surface area contributed by atoms with Crippen LogP contribution in [0.1, 0.15) is 12.5 Å². The molecule has 0 aliphatic carbocycles. The van der Waals surface area contributed by atoms with Crippen LogP contribution in [0.3, 0.4) is 0 Å². The van der Waals surface area contributed by atoms with Crippen molar-refractivity contribution in [2.45, 2.75) is 20.1 Å². The molecule has 1 aliphatic rings. The quantitative estimate of drug-likeness (QED) is 0.608. The van der Waals surface area contributed by atoms with Gasteiger partial charge in [-0.2, -0.15) is 0 Å². The van der Waals surface area contributed by atoms with Crippen molar-refractivity contribution in [3.05, 3.63) is 35.4 Å². The van der Waals surface area contributed by atoms with Gasteiger partial charge in [0, 0.05) is 23.4 Å². The highest BCUT2D eigenvalue weighted by atomic mass is 16.7. The monoisotopic (exact) mass is 219 g/mol. The van der Waals surface area contributed by atoms with Gasteiger partial charge < -0.3 is 15.2 Å². The first kappa shape index (κ1) is 10.5. The first-order chi connectivity index (χ1) is 7.56. The Morgan fingerprint density at radius 1 is 1.38 bits per heavy atom. The standard InChI is InChI=1S/C12H13NO3/c1-7-3-4-9(13)6-10(7)15-11-5-8(2)12(14)16-11/h3-6,11H,13H2,1-2H3. The molecule has 0 spiro atoms. The Hall–Kier alpha value is -1.97. The first-order valence-electron chi connectivity index (χ1n) is 4.98. The largest absolute Gasteiger partial charge is 0.451 e. The Balaban J connectivity index is 2.16. The summed E-state index contributed by atoms with van der Waals surface area (Å²) < 4.78 is 10.5. The molecule has 0 radical (unpaired) electrons. The summed E-state index contributed by atoms with van der Waals surface area (Å²) in [6, 6.07) is 5.37. The summed E-state index contributed by atoms with van der Waals surface area (Å²) >= 11 is 0. The van der Waals surface area contributed by atoms with Crippen LogP contribution in [0.15, 0.2) is 29.8 Å². The number of aryl methyl sites for hydroxylation is 1. The highest BCUT2D eigenvalue weighted by molar-refractivity contribution is 5.90. The predicted molar refractivity (Wildman–Crippen MR) is 59.9 cm³/mol. The van der Waals surface area contributed by atoms with Gasteiger partial charge in [-0.3, -0.25) is 0 Å². The number of hydrogen-bond donors (Lipinski definition) is 1. The number of anilines is 1. The third kappa shape index (κ3) is 2.00. The summed E-state index contributed by atoms with van der Waals surface area (Å²) in [6.07, 6.45) is 0.998. The minimum atomic E-state index is -0.645. The maximum absolute atomic E-state index is 11.1. The number of nitrogens with two attached hydrogens (primary N) is 1. The minimum Gasteiger partial charge on any atom is -0.451 e. The van der Waals surface area contributed by atoms with E-state index in [1.54, 1.807) is 25.1 Å². The number of esters is 1. The van der Waals surface area contributed by atoms with E-state index in [9.17, 15) is 4.79 Å². The molecular formula is C12H13NO3. The Kier molecular flexibility index (Phi) is 2.56. The van der Waals surface area contributed by atoms with Crippen molar-refractivity contribution >= 4 is 11.7 Å². The van der Waals surface area contributed by atoms with Crippen LogP contribution in [0.4, 0.5) is 5.69 Å². The van der Waals surface area contributed by atoms with Crippen LogP contribution in [-0.4, -0.2) is 12.3 Å². The van der Waals surface area contributed by atoms with Crippen LogP contribution in [0, 0.1) is 6.92 Å². The topological polar surface area (TPSA) is 61.6 Å². The van der Waals surface area contributed by atoms with E-state index in [0.717, 1.165) is 5.56 Å². The van der Waals surface area contributed by atoms with E-state index in [2.05, 4.69) is 0 Å². The Bertz CT molecular complexity index is 465. The first-order valence-corrected chi connectivity index (χ1v) is 4.98. The average Bonchev–Trinajstić information content (AvgIpc) is 2.52. The number of ether oxygens (including phenoxy) is 2. The van der Waals surface area contributed by atoms with Crippen LogP contribution in [-0.2, 0) is 9.53 Å². The lowest BCUT2D eigenvalue weighted by molar-refractivity contribution is -0.148. The highest BCUT2D eigenvalue weighted by Crippen LogP contribution is 2.24. The summed E-state index contributed by atoms with van der Waals surface area (Å²) in [5.74, 6) is 0.287. The van der Waals surface area contributed by atoms with Crippen molar-refractivity contribution in [2.75, 3.05) is 5.73 Å². The molecule has 0 saturated heterocycles. The molecule has 16 heavy (non-hydrogen) atoms. The van der Waals surface area contributed by atoms with Gasteiger partial charge >= 0.3 is 5.97 Å². The third-order valence-corrected chi connectivity index (χ3v) is 2.39. The molecular weight excluding hydrogens is 206 g/mol. The van der Waals surface area contributed by atoms with E-state index in [1.807, 2.05) is 13.0 Å². The molecule has 0 saturated carbocycles. The van der Waals surface area contributed by atoms with Gasteiger partial charge in [-0.05, 0) is 25.5 Å². The third-order valence-electron chi connectivity index (χ3n) is 2.39. The van der Waals surface area contributed by atoms with E-state index in [1.165, 1.54) is 0 Å². The fraction of sp³-hybridized carbons (Fsp3) is 0.250. The zero-order valence-electron chi connectivity index (χ0n) is 9.19. The average molecular weight is 219 g/mol. The molecule has 1 aliphatic heterocycles. The SMILES string of the molecule is CC1=CC(Oc2cc(N)ccc2C)OC1=O. The molecule has 0 amide bonds. The predicted octanol–water partition coefficient (Wildman–Crippen LogP) is 1.79. The van der Waals surface area contributed by atoms with E-state index in [-0.39, 0.29) is 5.97 Å². The zero-order chi connectivity index (χ0) is 11.7. The number of cyclic esters (lactones) is 1. The summed E-state index contributed by atoms with van der Waals surface area (Å²) in [6.45, 7) is 3.60. The second kappa shape index (κ2) is 3.89. The van der Waals surface area contributed by atoms with Crippen LogP contribution in [0.5, 0.6) is 5.75 Å². The van der Waals surface area contributed by atoms with Crippen LogP contribution >= 0.6 is 0 Å². The lowest BCUT2D eigenvalue weighted by Crippen LogP contribution is -2.16. The Morgan fingerprint density at radius 3 is 2.75 bits per heavy atom. The van der Waals surface area contributed by atoms with Crippen LogP contribution in [0.25, 0.3) is 0 Å². The van der Waals surface area contributed by atoms with Crippen molar-refractivity contribution in [3.8, 4) is 5.75 Å². The summed E-state index contributed by atoms with van der Waals surface area (Å²) in [5, 5.41) is 0. The van der Waals surface area contributed by atoms with Gasteiger partial charge in [-0.15, -0.1) is 0 Å². The maximum Gasteiger partial charge on any atom is 0.336 e. The molecule has 1 unspecified atom stereocenters. The number of hydrogen-bond acceptors (Lipinski definition) is 4. The zero-order valence-corrected chi connectivity index (χ0v) is 9.19. The number of carbonyl (C=O) groups excluding carboxylic acids is 1. The van der Waals surface area contributed by atoms with Gasteiger partial charge in [0.15, 0.2) is 0 Å². The maximum atomic E-state index is 11.1. The molecule has 0 bridgehead atoms. The molecule has 1 heterocycles. The lowest BCUT2D eigenvalue weighted by atomic mass is 10.2. The van der Waals surface area contributed by atoms with Crippen molar-refractivity contribution in [3.63, 3.8) is 0 Å². The molecule has 1 aromatic rings. The molecule has 1 aromatic carbocycles. The van der Waals surface area contributed by atoms with E-state index in [4.69, 9.17) is 15.2 Å². The van der Waals surface area contributed by atoms with Gasteiger partial charge in [0.1, 0.15) is 5.75 Å². The van der Waals surface area contributed by atoms with Crippen molar-refractivity contribution in [2.24, 2.45) is 0 Å². The molecule has 1 atom stereocenters. The fourth-order valence-electron chi connectivity index (χ4n) is 1.43. The van der Waals surface area contributed by atoms with Crippen molar-refractivity contribution in [1.29, 1.82) is 0 Å². The molecule has 2 N–H and O–H groups in total. The van der Waals surface area contributed by atoms with Crippen molar-refractivity contribution in [1.82, 2.24) is 0 Å². The van der Waals surface area contributed by atoms with E-state index < -0.39 is 6.29 Å². The minimum absolute atomic E-state index is 0.341. The van der Waals surface area contributed by atoms with Crippen LogP contribution < -0.4 is 10.5 Å². The molecule has 0 fully saturated rings. The molecule has 84 valence electrons. The number of carbonyl (C=O) groups is 1. The van der Waals surface area contributed by atoms with Gasteiger partial charge in [0.25, 0.3) is 6.29 Å². The Labute approximate surface area is 93.7 Å². The summed E-state index contributed by atoms with van der Waals surface area (Å²) in [5.41, 5.74) is 7.78. The second-order valence-corrected chi connectivity index (χ2v) is 3.77. The van der Waals surface area contributed by atoms with E-state index in [0.29, 0.717) is 17.0 Å². The lowest BCUT2D eigenvalue weighted by Gasteiger charge is -2.13. The number of nitrogen functional groups attached to an aromatic ring is 1. The molecule has 4 heteroatoms. The van der Waals surface area contributed by atoms with E-state index >= 15 is 0 Å². The Morgan fingerprint density at radius 2 is 2.12 bits per heavy atom. The summed E-state index contributed by atoms with van der Waals surface area (Å²) in [4.78, 5) is 11.1. The fourth-order valence-corrected chi connectivity index (χ4v) is 1.43. The highest BCUT2D eigenvalue weighted by Gasteiger charge is 2.23. The number of rotatable bonds is 2. The summed E-state index contributed by atoms with van der Waals surface area (Å²) in [7, 11) is 0. The smallest absolute Gasteiger partial charge is 0.336 e. The molecule has 0 aromatic heterocycles. The number of benzene rings is 1. The van der Waals surface area contributed by atoms with Crippen LogP contribution in [0.2, 0.25) is 0 Å².